The number of amides is 2. The molecule has 0 aliphatic carbocycles. The lowest BCUT2D eigenvalue weighted by atomic mass is 10.1. The van der Waals surface area contributed by atoms with Crippen molar-refractivity contribution in [2.24, 2.45) is 0 Å². The van der Waals surface area contributed by atoms with Crippen molar-refractivity contribution in [1.82, 2.24) is 0 Å². The van der Waals surface area contributed by atoms with E-state index in [-0.39, 0.29) is 18.2 Å². The molecule has 5 nitrogen and oxygen atoms in total. The Balaban J connectivity index is 1.42. The second-order valence-corrected chi connectivity index (χ2v) is 9.62. The van der Waals surface area contributed by atoms with Crippen LogP contribution in [0.4, 0.5) is 11.4 Å². The summed E-state index contributed by atoms with van der Waals surface area (Å²) < 4.78 is 5.19. The maximum absolute atomic E-state index is 13.3. The highest BCUT2D eigenvalue weighted by Gasteiger charge is 2.22. The number of methoxy groups -OCH3 is 1. The first kappa shape index (κ1) is 25.4. The van der Waals surface area contributed by atoms with Gasteiger partial charge in [0.15, 0.2) is 0 Å². The maximum Gasteiger partial charge on any atom is 0.242 e. The molecular weight excluding hydrogens is 492 g/mol. The van der Waals surface area contributed by atoms with E-state index in [1.807, 2.05) is 78.9 Å². The summed E-state index contributed by atoms with van der Waals surface area (Å²) in [7, 11) is 1.60. The number of benzene rings is 4. The molecule has 0 aromatic heterocycles. The lowest BCUT2D eigenvalue weighted by molar-refractivity contribution is -0.116. The summed E-state index contributed by atoms with van der Waals surface area (Å²) in [5, 5.41) is 6.08. The zero-order chi connectivity index (χ0) is 25.3. The molecule has 0 spiro atoms. The number of carbonyl (C=O) groups excluding carboxylic acids is 2. The van der Waals surface area contributed by atoms with Gasteiger partial charge in [-0.15, -0.1) is 11.8 Å². The van der Waals surface area contributed by atoms with Crippen molar-refractivity contribution in [3.63, 3.8) is 0 Å². The summed E-state index contributed by atoms with van der Waals surface area (Å²) in [6.45, 7) is 0. The molecule has 0 saturated heterocycles. The van der Waals surface area contributed by atoms with Gasteiger partial charge in [0, 0.05) is 21.3 Å². The van der Waals surface area contributed by atoms with Crippen LogP contribution in [-0.2, 0) is 16.0 Å². The normalized spacial score (nSPS) is 11.4. The number of carbonyl (C=O) groups is 2. The van der Waals surface area contributed by atoms with E-state index in [2.05, 4.69) is 10.6 Å². The van der Waals surface area contributed by atoms with Gasteiger partial charge >= 0.3 is 0 Å². The van der Waals surface area contributed by atoms with Gasteiger partial charge in [0.1, 0.15) is 11.0 Å². The molecule has 0 aliphatic heterocycles. The van der Waals surface area contributed by atoms with Crippen LogP contribution in [0.3, 0.4) is 0 Å². The Bertz CT molecular complexity index is 1300. The molecule has 4 rings (SSSR count). The molecule has 4 aromatic carbocycles. The highest BCUT2D eigenvalue weighted by Crippen LogP contribution is 2.36. The first-order valence-electron chi connectivity index (χ1n) is 11.3. The average molecular weight is 517 g/mol. The van der Waals surface area contributed by atoms with E-state index in [9.17, 15) is 9.59 Å². The molecule has 1 unspecified atom stereocenters. The highest BCUT2D eigenvalue weighted by atomic mass is 35.5. The molecule has 0 radical (unpaired) electrons. The molecule has 2 N–H and O–H groups in total. The fourth-order valence-electron chi connectivity index (χ4n) is 3.53. The van der Waals surface area contributed by atoms with Crippen LogP contribution < -0.4 is 15.4 Å². The SMILES string of the molecule is COc1ccc(NC(=O)C(Sc2ccc(NC(=O)Cc3ccc(Cl)cc3)cc2)c2ccccc2)cc1. The summed E-state index contributed by atoms with van der Waals surface area (Å²) in [5.41, 5.74) is 3.17. The summed E-state index contributed by atoms with van der Waals surface area (Å²) in [4.78, 5) is 26.6. The molecule has 2 amide bonds. The molecular formula is C29H25ClN2O3S. The van der Waals surface area contributed by atoms with Crippen LogP contribution in [0.25, 0.3) is 0 Å². The number of nitrogens with one attached hydrogen (secondary N) is 2. The second-order valence-electron chi connectivity index (χ2n) is 8.00. The molecule has 0 saturated carbocycles. The zero-order valence-corrected chi connectivity index (χ0v) is 21.2. The lowest BCUT2D eigenvalue weighted by Gasteiger charge is -2.17. The molecule has 0 heterocycles. The predicted molar refractivity (Wildman–Crippen MR) is 147 cm³/mol. The maximum atomic E-state index is 13.3. The standard InChI is InChI=1S/C29H25ClN2O3S/c1-35-25-15-11-24(12-16-25)32-29(34)28(21-5-3-2-4-6-21)36-26-17-13-23(14-18-26)31-27(33)19-20-7-9-22(30)10-8-20/h2-18,28H,19H2,1H3,(H,31,33)(H,32,34). The van der Waals surface area contributed by atoms with Crippen molar-refractivity contribution in [1.29, 1.82) is 0 Å². The van der Waals surface area contributed by atoms with E-state index in [4.69, 9.17) is 16.3 Å². The van der Waals surface area contributed by atoms with Crippen LogP contribution in [0.2, 0.25) is 5.02 Å². The molecule has 4 aromatic rings. The van der Waals surface area contributed by atoms with Crippen LogP contribution in [0.1, 0.15) is 16.4 Å². The van der Waals surface area contributed by atoms with Crippen LogP contribution in [0.5, 0.6) is 5.75 Å². The summed E-state index contributed by atoms with van der Waals surface area (Å²) in [6.07, 6.45) is 0.259. The number of halogens is 1. The fraction of sp³-hybridized carbons (Fsp3) is 0.103. The van der Waals surface area contributed by atoms with Gasteiger partial charge in [-0.05, 0) is 71.8 Å². The van der Waals surface area contributed by atoms with Gasteiger partial charge in [0.25, 0.3) is 0 Å². The Kier molecular flexibility index (Phi) is 8.66. The molecule has 1 atom stereocenters. The Labute approximate surface area is 219 Å². The quantitative estimate of drug-likeness (QED) is 0.235. The summed E-state index contributed by atoms with van der Waals surface area (Å²) >= 11 is 7.35. The molecule has 0 bridgehead atoms. The number of hydrogen-bond acceptors (Lipinski definition) is 4. The van der Waals surface area contributed by atoms with E-state index in [1.54, 1.807) is 31.4 Å². The third kappa shape index (κ3) is 7.13. The van der Waals surface area contributed by atoms with Crippen molar-refractivity contribution in [3.8, 4) is 5.75 Å². The van der Waals surface area contributed by atoms with Crippen LogP contribution in [0.15, 0.2) is 108 Å². The Morgan fingerprint density at radius 3 is 2.06 bits per heavy atom. The fourth-order valence-corrected chi connectivity index (χ4v) is 4.68. The van der Waals surface area contributed by atoms with Gasteiger partial charge in [-0.3, -0.25) is 9.59 Å². The van der Waals surface area contributed by atoms with Gasteiger partial charge in [-0.25, -0.2) is 0 Å². The van der Waals surface area contributed by atoms with Crippen molar-refractivity contribution < 1.29 is 14.3 Å². The third-order valence-corrected chi connectivity index (χ3v) is 6.89. The minimum absolute atomic E-state index is 0.112. The first-order valence-corrected chi connectivity index (χ1v) is 12.6. The van der Waals surface area contributed by atoms with E-state index in [1.165, 1.54) is 11.8 Å². The minimum Gasteiger partial charge on any atom is -0.497 e. The van der Waals surface area contributed by atoms with E-state index in [0.29, 0.717) is 16.4 Å². The van der Waals surface area contributed by atoms with Crippen LogP contribution in [-0.4, -0.2) is 18.9 Å². The van der Waals surface area contributed by atoms with Gasteiger partial charge in [-0.1, -0.05) is 54.1 Å². The third-order valence-electron chi connectivity index (χ3n) is 5.37. The first-order chi connectivity index (χ1) is 17.5. The second kappa shape index (κ2) is 12.3. The molecule has 182 valence electrons. The van der Waals surface area contributed by atoms with Crippen molar-refractivity contribution >= 4 is 46.6 Å². The Hall–Kier alpha value is -3.74. The van der Waals surface area contributed by atoms with Gasteiger partial charge in [0.05, 0.1) is 13.5 Å². The minimum atomic E-state index is -0.460. The van der Waals surface area contributed by atoms with Gasteiger partial charge in [-0.2, -0.15) is 0 Å². The summed E-state index contributed by atoms with van der Waals surface area (Å²) in [6, 6.07) is 31.6. The van der Waals surface area contributed by atoms with E-state index in [0.717, 1.165) is 21.8 Å². The average Bonchev–Trinajstić information content (AvgIpc) is 2.90. The van der Waals surface area contributed by atoms with Gasteiger partial charge < -0.3 is 15.4 Å². The van der Waals surface area contributed by atoms with Gasteiger partial charge in [0.2, 0.25) is 11.8 Å². The smallest absolute Gasteiger partial charge is 0.242 e. The Morgan fingerprint density at radius 2 is 1.42 bits per heavy atom. The van der Waals surface area contributed by atoms with E-state index < -0.39 is 5.25 Å². The van der Waals surface area contributed by atoms with Crippen LogP contribution >= 0.6 is 23.4 Å². The molecule has 0 fully saturated rings. The molecule has 0 aliphatic rings. The highest BCUT2D eigenvalue weighted by molar-refractivity contribution is 8.00. The number of rotatable bonds is 9. The van der Waals surface area contributed by atoms with Crippen molar-refractivity contribution in [3.05, 3.63) is 119 Å². The largest absolute Gasteiger partial charge is 0.497 e. The lowest BCUT2D eigenvalue weighted by Crippen LogP contribution is -2.19. The number of ether oxygens (including phenoxy) is 1. The van der Waals surface area contributed by atoms with Crippen molar-refractivity contribution in [2.45, 2.75) is 16.6 Å². The number of thioether (sulfide) groups is 1. The topological polar surface area (TPSA) is 67.4 Å². The number of hydrogen-bond donors (Lipinski definition) is 2. The summed E-state index contributed by atoms with van der Waals surface area (Å²) in [5.74, 6) is 0.484. The molecule has 7 heteroatoms. The van der Waals surface area contributed by atoms with Crippen molar-refractivity contribution in [2.75, 3.05) is 17.7 Å². The van der Waals surface area contributed by atoms with Crippen LogP contribution in [0, 0.1) is 0 Å². The molecule has 36 heavy (non-hydrogen) atoms. The van der Waals surface area contributed by atoms with E-state index >= 15 is 0 Å². The predicted octanol–water partition coefficient (Wildman–Crippen LogP) is 7.00. The Morgan fingerprint density at radius 1 is 0.806 bits per heavy atom. The zero-order valence-electron chi connectivity index (χ0n) is 19.6. The monoisotopic (exact) mass is 516 g/mol. The number of anilines is 2.